The Kier molecular flexibility index (Phi) is 3.46. The molecule has 0 unspecified atom stereocenters. The first-order chi connectivity index (χ1) is 6.25. The van der Waals surface area contributed by atoms with E-state index in [0.717, 1.165) is 0 Å². The van der Waals surface area contributed by atoms with E-state index in [-0.39, 0.29) is 15.1 Å². The smallest absolute Gasteiger partial charge is 0.207 e. The molecule has 0 fully saturated rings. The highest BCUT2D eigenvalue weighted by atomic mass is 79.9. The summed E-state index contributed by atoms with van der Waals surface area (Å²) in [5.74, 6) is -0.929. The minimum atomic E-state index is -4.13. The fourth-order valence-electron chi connectivity index (χ4n) is 0.954. The quantitative estimate of drug-likeness (QED) is 0.586. The Labute approximate surface area is 98.6 Å². The van der Waals surface area contributed by atoms with Crippen molar-refractivity contribution in [3.05, 3.63) is 26.9 Å². The van der Waals surface area contributed by atoms with Crippen LogP contribution in [0.15, 0.2) is 15.4 Å². The van der Waals surface area contributed by atoms with Gasteiger partial charge >= 0.3 is 0 Å². The molecule has 1 aromatic carbocycles. The van der Waals surface area contributed by atoms with Gasteiger partial charge in [-0.3, -0.25) is 0 Å². The van der Waals surface area contributed by atoms with E-state index in [2.05, 4.69) is 15.9 Å². The summed E-state index contributed by atoms with van der Waals surface area (Å²) < 4.78 is 35.4. The number of halogens is 4. The zero-order valence-corrected chi connectivity index (χ0v) is 10.7. The Hall–Kier alpha value is 0.160. The van der Waals surface area contributed by atoms with Gasteiger partial charge in [0.25, 0.3) is 9.05 Å². The van der Waals surface area contributed by atoms with Gasteiger partial charge in [0.1, 0.15) is 4.90 Å². The zero-order valence-electron chi connectivity index (χ0n) is 6.81. The summed E-state index contributed by atoms with van der Waals surface area (Å²) in [5, 5.41) is 0.137. The Bertz CT molecular complexity index is 461. The van der Waals surface area contributed by atoms with Crippen molar-refractivity contribution >= 4 is 47.3 Å². The van der Waals surface area contributed by atoms with E-state index in [1.807, 2.05) is 0 Å². The van der Waals surface area contributed by atoms with E-state index < -0.39 is 19.8 Å². The third kappa shape index (κ3) is 2.21. The summed E-state index contributed by atoms with van der Waals surface area (Å²) in [6.07, 6.45) is 0. The molecule has 0 aromatic heterocycles. The number of rotatable bonds is 1. The standard InChI is InChI=1S/C7H4BrCl2FO2S/c1-3-5(9)2-4(8)6(11)7(3)14(10,12)13/h2H,1H3. The average molecular weight is 322 g/mol. The lowest BCUT2D eigenvalue weighted by Crippen LogP contribution is -2.00. The highest BCUT2D eigenvalue weighted by Gasteiger charge is 2.23. The SMILES string of the molecule is Cc1c(Cl)cc(Br)c(F)c1S(=O)(=O)Cl. The molecular formula is C7H4BrCl2FO2S. The molecule has 0 atom stereocenters. The second kappa shape index (κ2) is 3.96. The molecule has 0 radical (unpaired) electrons. The van der Waals surface area contributed by atoms with Crippen LogP contribution >= 0.6 is 38.2 Å². The second-order valence-electron chi connectivity index (χ2n) is 2.55. The first kappa shape index (κ1) is 12.2. The molecular weight excluding hydrogens is 318 g/mol. The highest BCUT2D eigenvalue weighted by molar-refractivity contribution is 9.10. The maximum atomic E-state index is 13.4. The maximum absolute atomic E-state index is 13.4. The van der Waals surface area contributed by atoms with Gasteiger partial charge in [-0.25, -0.2) is 12.8 Å². The van der Waals surface area contributed by atoms with E-state index in [4.69, 9.17) is 22.3 Å². The molecule has 7 heteroatoms. The fourth-order valence-corrected chi connectivity index (χ4v) is 3.25. The van der Waals surface area contributed by atoms with Crippen molar-refractivity contribution in [2.24, 2.45) is 0 Å². The first-order valence-electron chi connectivity index (χ1n) is 3.34. The lowest BCUT2D eigenvalue weighted by molar-refractivity contribution is 0.569. The summed E-state index contributed by atoms with van der Waals surface area (Å²) in [6.45, 7) is 1.38. The van der Waals surface area contributed by atoms with E-state index >= 15 is 0 Å². The Morgan fingerprint density at radius 3 is 2.43 bits per heavy atom. The predicted molar refractivity (Wildman–Crippen MR) is 56.9 cm³/mol. The molecule has 2 nitrogen and oxygen atoms in total. The molecule has 1 rings (SSSR count). The summed E-state index contributed by atoms with van der Waals surface area (Å²) in [7, 11) is 0.939. The largest absolute Gasteiger partial charge is 0.264 e. The van der Waals surface area contributed by atoms with Gasteiger partial charge in [0.15, 0.2) is 5.82 Å². The van der Waals surface area contributed by atoms with Crippen LogP contribution in [0.5, 0.6) is 0 Å². The summed E-state index contributed by atoms with van der Waals surface area (Å²) in [6, 6.07) is 1.28. The van der Waals surface area contributed by atoms with Gasteiger partial charge in [-0.1, -0.05) is 11.6 Å². The first-order valence-corrected chi connectivity index (χ1v) is 6.82. The van der Waals surface area contributed by atoms with Crippen molar-refractivity contribution in [2.75, 3.05) is 0 Å². The monoisotopic (exact) mass is 320 g/mol. The van der Waals surface area contributed by atoms with Crippen LogP contribution in [0.1, 0.15) is 5.56 Å². The van der Waals surface area contributed by atoms with Crippen molar-refractivity contribution in [2.45, 2.75) is 11.8 Å². The van der Waals surface area contributed by atoms with Gasteiger partial charge in [-0.2, -0.15) is 0 Å². The lowest BCUT2D eigenvalue weighted by Gasteiger charge is -2.07. The molecule has 0 aliphatic heterocycles. The third-order valence-electron chi connectivity index (χ3n) is 1.61. The molecule has 78 valence electrons. The second-order valence-corrected chi connectivity index (χ2v) is 6.31. The van der Waals surface area contributed by atoms with Crippen molar-refractivity contribution in [3.8, 4) is 0 Å². The van der Waals surface area contributed by atoms with Gasteiger partial charge in [-0.15, -0.1) is 0 Å². The molecule has 0 saturated carbocycles. The van der Waals surface area contributed by atoms with Crippen molar-refractivity contribution in [3.63, 3.8) is 0 Å². The lowest BCUT2D eigenvalue weighted by atomic mass is 10.2. The van der Waals surface area contributed by atoms with Crippen molar-refractivity contribution in [1.29, 1.82) is 0 Å². The predicted octanol–water partition coefficient (Wildman–Crippen LogP) is 3.48. The summed E-state index contributed by atoms with van der Waals surface area (Å²) >= 11 is 8.52. The molecule has 0 spiro atoms. The Morgan fingerprint density at radius 1 is 1.50 bits per heavy atom. The van der Waals surface area contributed by atoms with Crippen molar-refractivity contribution in [1.82, 2.24) is 0 Å². The van der Waals surface area contributed by atoms with E-state index in [0.29, 0.717) is 0 Å². The van der Waals surface area contributed by atoms with Gasteiger partial charge < -0.3 is 0 Å². The van der Waals surface area contributed by atoms with Gasteiger partial charge in [0.2, 0.25) is 0 Å². The minimum absolute atomic E-state index is 0.0349. The average Bonchev–Trinajstić information content (AvgIpc) is 1.98. The minimum Gasteiger partial charge on any atom is -0.207 e. The van der Waals surface area contributed by atoms with Gasteiger partial charge in [0, 0.05) is 15.7 Å². The van der Waals surface area contributed by atoms with Crippen LogP contribution in [0.2, 0.25) is 5.02 Å². The molecule has 0 aliphatic rings. The molecule has 0 bridgehead atoms. The third-order valence-corrected chi connectivity index (χ3v) is 4.01. The van der Waals surface area contributed by atoms with E-state index in [9.17, 15) is 12.8 Å². The number of benzene rings is 1. The molecule has 14 heavy (non-hydrogen) atoms. The van der Waals surface area contributed by atoms with Crippen LogP contribution in [0, 0.1) is 12.7 Å². The van der Waals surface area contributed by atoms with Crippen LogP contribution in [-0.4, -0.2) is 8.42 Å². The molecule has 0 N–H and O–H groups in total. The maximum Gasteiger partial charge on any atom is 0.264 e. The van der Waals surface area contributed by atoms with Crippen LogP contribution < -0.4 is 0 Å². The van der Waals surface area contributed by atoms with Crippen LogP contribution in [0.4, 0.5) is 4.39 Å². The summed E-state index contributed by atoms with van der Waals surface area (Å²) in [4.78, 5) is -0.585. The van der Waals surface area contributed by atoms with E-state index in [1.165, 1.54) is 13.0 Å². The Balaban J connectivity index is 3.74. The van der Waals surface area contributed by atoms with Crippen LogP contribution in [0.25, 0.3) is 0 Å². The van der Waals surface area contributed by atoms with Gasteiger partial charge in [0.05, 0.1) is 4.47 Å². The van der Waals surface area contributed by atoms with Crippen molar-refractivity contribution < 1.29 is 12.8 Å². The summed E-state index contributed by atoms with van der Waals surface area (Å²) in [5.41, 5.74) is 0.0994. The molecule has 0 amide bonds. The molecule has 0 aliphatic carbocycles. The topological polar surface area (TPSA) is 34.1 Å². The van der Waals surface area contributed by atoms with Crippen LogP contribution in [-0.2, 0) is 9.05 Å². The zero-order chi connectivity index (χ0) is 11.1. The van der Waals surface area contributed by atoms with Gasteiger partial charge in [-0.05, 0) is 34.5 Å². The van der Waals surface area contributed by atoms with Crippen LogP contribution in [0.3, 0.4) is 0 Å². The number of hydrogen-bond donors (Lipinski definition) is 0. The normalized spacial score (nSPS) is 11.8. The fraction of sp³-hybridized carbons (Fsp3) is 0.143. The molecule has 0 saturated heterocycles. The Morgan fingerprint density at radius 2 is 2.00 bits per heavy atom. The molecule has 0 heterocycles. The highest BCUT2D eigenvalue weighted by Crippen LogP contribution is 2.33. The number of hydrogen-bond acceptors (Lipinski definition) is 2. The van der Waals surface area contributed by atoms with E-state index in [1.54, 1.807) is 0 Å². The molecule has 1 aromatic rings.